The van der Waals surface area contributed by atoms with Gasteiger partial charge in [0.05, 0.1) is 30.3 Å². The van der Waals surface area contributed by atoms with Crippen LogP contribution in [0.1, 0.15) is 39.6 Å². The van der Waals surface area contributed by atoms with Gasteiger partial charge < -0.3 is 15.0 Å². The highest BCUT2D eigenvalue weighted by molar-refractivity contribution is 9.10. The van der Waals surface area contributed by atoms with Crippen molar-refractivity contribution < 1.29 is 9.53 Å². The number of H-pyrrole nitrogens is 1. The minimum absolute atomic E-state index is 0.313. The largest absolute Gasteiger partial charge is 0.444 e. The highest BCUT2D eigenvalue weighted by Crippen LogP contribution is 2.18. The van der Waals surface area contributed by atoms with Gasteiger partial charge in [-0.1, -0.05) is 0 Å². The van der Waals surface area contributed by atoms with Crippen molar-refractivity contribution in [2.45, 2.75) is 39.3 Å². The molecule has 0 aliphatic heterocycles. The number of imidazole rings is 1. The zero-order valence-electron chi connectivity index (χ0n) is 12.8. The minimum atomic E-state index is -0.537. The summed E-state index contributed by atoms with van der Waals surface area (Å²) >= 11 is 3.24. The Bertz CT molecular complexity index is 648. The molecule has 8 heteroatoms. The van der Waals surface area contributed by atoms with Gasteiger partial charge in [-0.2, -0.15) is 0 Å². The molecule has 2 rings (SSSR count). The van der Waals surface area contributed by atoms with Crippen LogP contribution in [0.2, 0.25) is 0 Å². The monoisotopic (exact) mass is 367 g/mol. The highest BCUT2D eigenvalue weighted by atomic mass is 79.9. The Labute approximate surface area is 137 Å². The average Bonchev–Trinajstić information content (AvgIpc) is 2.86. The molecule has 118 valence electrons. The third kappa shape index (κ3) is 4.52. The van der Waals surface area contributed by atoms with E-state index in [1.54, 1.807) is 18.6 Å². The molecule has 2 aromatic heterocycles. The summed E-state index contributed by atoms with van der Waals surface area (Å²) in [6.45, 7) is 7.26. The summed E-state index contributed by atoms with van der Waals surface area (Å²) in [5, 5.41) is 2.73. The Kier molecular flexibility index (Phi) is 4.80. The molecule has 7 nitrogen and oxygen atoms in total. The summed E-state index contributed by atoms with van der Waals surface area (Å²) in [5.74, 6) is 0.616. The summed E-state index contributed by atoms with van der Waals surface area (Å²) in [6, 6.07) is -0.313. The Balaban J connectivity index is 2.04. The molecule has 0 spiro atoms. The van der Waals surface area contributed by atoms with E-state index in [4.69, 9.17) is 4.74 Å². The van der Waals surface area contributed by atoms with Crippen LogP contribution in [-0.2, 0) is 4.74 Å². The van der Waals surface area contributed by atoms with E-state index in [1.165, 1.54) is 0 Å². The summed E-state index contributed by atoms with van der Waals surface area (Å²) < 4.78 is 5.88. The molecule has 0 aliphatic carbocycles. The fourth-order valence-electron chi connectivity index (χ4n) is 1.69. The number of alkyl carbamates (subject to hydrolysis) is 1. The molecule has 0 saturated heterocycles. The summed E-state index contributed by atoms with van der Waals surface area (Å²) in [4.78, 5) is 27.5. The zero-order valence-corrected chi connectivity index (χ0v) is 14.4. The van der Waals surface area contributed by atoms with Gasteiger partial charge in [-0.25, -0.2) is 14.8 Å². The lowest BCUT2D eigenvalue weighted by Gasteiger charge is -2.21. The number of rotatable bonds is 3. The van der Waals surface area contributed by atoms with Gasteiger partial charge in [0.25, 0.3) is 0 Å². The maximum absolute atomic E-state index is 11.8. The molecule has 1 atom stereocenters. The van der Waals surface area contributed by atoms with Gasteiger partial charge in [0.15, 0.2) is 0 Å². The third-order valence-electron chi connectivity index (χ3n) is 2.64. The number of hydrogen-bond donors (Lipinski definition) is 2. The summed E-state index contributed by atoms with van der Waals surface area (Å²) in [7, 11) is 0. The lowest BCUT2D eigenvalue weighted by atomic mass is 10.2. The number of halogens is 1. The first-order valence-electron chi connectivity index (χ1n) is 6.77. The third-order valence-corrected chi connectivity index (χ3v) is 3.04. The van der Waals surface area contributed by atoms with Crippen molar-refractivity contribution in [3.8, 4) is 11.4 Å². The zero-order chi connectivity index (χ0) is 16.3. The molecule has 0 radical (unpaired) electrons. The molecular formula is C14H18BrN5O2. The van der Waals surface area contributed by atoms with Crippen LogP contribution in [0.15, 0.2) is 23.2 Å². The van der Waals surface area contributed by atoms with Crippen molar-refractivity contribution in [1.82, 2.24) is 25.3 Å². The quantitative estimate of drug-likeness (QED) is 0.868. The van der Waals surface area contributed by atoms with Crippen molar-refractivity contribution in [2.75, 3.05) is 0 Å². The first kappa shape index (κ1) is 16.4. The van der Waals surface area contributed by atoms with Crippen LogP contribution in [0, 0.1) is 0 Å². The number of aromatic nitrogens is 4. The lowest BCUT2D eigenvalue weighted by Crippen LogP contribution is -2.34. The molecule has 2 N–H and O–H groups in total. The fourth-order valence-corrected chi connectivity index (χ4v) is 1.90. The Morgan fingerprint density at radius 3 is 2.59 bits per heavy atom. The van der Waals surface area contributed by atoms with Gasteiger partial charge in [-0.05, 0) is 43.6 Å². The maximum Gasteiger partial charge on any atom is 0.408 e. The standard InChI is InChI=1S/C14H18BrN5O2/c1-8(19-13(21)22-14(2,3)4)12-18-6-10(20-12)9-5-17-11(15)7-16-9/h5-8H,1-4H3,(H,18,20)(H,19,21)/t8-/m0/s1. The molecule has 0 aliphatic rings. The maximum atomic E-state index is 11.8. The van der Waals surface area contributed by atoms with Crippen LogP contribution in [-0.4, -0.2) is 31.6 Å². The topological polar surface area (TPSA) is 92.8 Å². The van der Waals surface area contributed by atoms with Crippen LogP contribution >= 0.6 is 15.9 Å². The lowest BCUT2D eigenvalue weighted by molar-refractivity contribution is 0.0506. The van der Waals surface area contributed by atoms with Gasteiger partial charge in [-0.15, -0.1) is 0 Å². The average molecular weight is 368 g/mol. The molecule has 22 heavy (non-hydrogen) atoms. The molecule has 0 unspecified atom stereocenters. The molecule has 1 amide bonds. The molecular weight excluding hydrogens is 350 g/mol. The molecule has 0 fully saturated rings. The number of hydrogen-bond acceptors (Lipinski definition) is 5. The van der Waals surface area contributed by atoms with Crippen molar-refractivity contribution in [1.29, 1.82) is 0 Å². The SMILES string of the molecule is C[C@H](NC(=O)OC(C)(C)C)c1ncc(-c2cnc(Br)cn2)[nH]1. The van der Waals surface area contributed by atoms with Crippen molar-refractivity contribution in [3.05, 3.63) is 29.0 Å². The summed E-state index contributed by atoms with van der Waals surface area (Å²) in [6.07, 6.45) is 4.41. The van der Waals surface area contributed by atoms with Gasteiger partial charge in [-0.3, -0.25) is 4.98 Å². The molecule has 0 aromatic carbocycles. The number of aromatic amines is 1. The van der Waals surface area contributed by atoms with E-state index in [0.717, 1.165) is 5.69 Å². The number of carbonyl (C=O) groups is 1. The second-order valence-corrected chi connectivity index (χ2v) is 6.59. The van der Waals surface area contributed by atoms with E-state index in [0.29, 0.717) is 16.1 Å². The van der Waals surface area contributed by atoms with Crippen LogP contribution in [0.5, 0.6) is 0 Å². The predicted molar refractivity (Wildman–Crippen MR) is 85.1 cm³/mol. The predicted octanol–water partition coefficient (Wildman–Crippen LogP) is 3.21. The second kappa shape index (κ2) is 6.43. The van der Waals surface area contributed by atoms with Crippen LogP contribution in [0.4, 0.5) is 4.79 Å². The van der Waals surface area contributed by atoms with E-state index in [2.05, 4.69) is 41.2 Å². The number of carbonyl (C=O) groups excluding carboxylic acids is 1. The molecule has 2 aromatic rings. The minimum Gasteiger partial charge on any atom is -0.444 e. The Morgan fingerprint density at radius 1 is 1.27 bits per heavy atom. The van der Waals surface area contributed by atoms with Crippen LogP contribution < -0.4 is 5.32 Å². The van der Waals surface area contributed by atoms with Gasteiger partial charge in [0, 0.05) is 0 Å². The van der Waals surface area contributed by atoms with E-state index in [-0.39, 0.29) is 6.04 Å². The van der Waals surface area contributed by atoms with Gasteiger partial charge >= 0.3 is 6.09 Å². The smallest absolute Gasteiger partial charge is 0.408 e. The Hall–Kier alpha value is -1.96. The first-order valence-corrected chi connectivity index (χ1v) is 7.56. The molecule has 0 bridgehead atoms. The van der Waals surface area contributed by atoms with E-state index in [9.17, 15) is 4.79 Å². The van der Waals surface area contributed by atoms with Gasteiger partial charge in [0.2, 0.25) is 0 Å². The van der Waals surface area contributed by atoms with E-state index < -0.39 is 11.7 Å². The van der Waals surface area contributed by atoms with E-state index >= 15 is 0 Å². The van der Waals surface area contributed by atoms with Gasteiger partial charge in [0.1, 0.15) is 21.7 Å². The Morgan fingerprint density at radius 2 is 2.00 bits per heavy atom. The normalized spacial score (nSPS) is 12.8. The number of nitrogens with zero attached hydrogens (tertiary/aromatic N) is 3. The highest BCUT2D eigenvalue weighted by Gasteiger charge is 2.19. The van der Waals surface area contributed by atoms with Crippen LogP contribution in [0.3, 0.4) is 0 Å². The number of ether oxygens (including phenoxy) is 1. The summed E-state index contributed by atoms with van der Waals surface area (Å²) in [5.41, 5.74) is 0.866. The fraction of sp³-hybridized carbons (Fsp3) is 0.429. The van der Waals surface area contributed by atoms with Crippen LogP contribution in [0.25, 0.3) is 11.4 Å². The second-order valence-electron chi connectivity index (χ2n) is 5.77. The number of amides is 1. The van der Waals surface area contributed by atoms with Crippen molar-refractivity contribution in [3.63, 3.8) is 0 Å². The van der Waals surface area contributed by atoms with E-state index in [1.807, 2.05) is 27.7 Å². The first-order chi connectivity index (χ1) is 10.2. The number of nitrogens with one attached hydrogen (secondary N) is 2. The molecule has 2 heterocycles. The molecule has 0 saturated carbocycles. The van der Waals surface area contributed by atoms with Crippen molar-refractivity contribution in [2.24, 2.45) is 0 Å². The van der Waals surface area contributed by atoms with Crippen molar-refractivity contribution >= 4 is 22.0 Å².